The summed E-state index contributed by atoms with van der Waals surface area (Å²) in [5.74, 6) is 0.0361. The van der Waals surface area contributed by atoms with Crippen LogP contribution in [0.3, 0.4) is 0 Å². The maximum absolute atomic E-state index is 12.0. The van der Waals surface area contributed by atoms with E-state index in [1.165, 1.54) is 5.69 Å². The van der Waals surface area contributed by atoms with Gasteiger partial charge in [-0.1, -0.05) is 35.7 Å². The van der Waals surface area contributed by atoms with Crippen molar-refractivity contribution in [2.24, 2.45) is 0 Å². The van der Waals surface area contributed by atoms with Gasteiger partial charge < -0.3 is 10.2 Å². The van der Waals surface area contributed by atoms with Gasteiger partial charge in [0.25, 0.3) is 0 Å². The quantitative estimate of drug-likeness (QED) is 0.710. The summed E-state index contributed by atoms with van der Waals surface area (Å²) in [5, 5.41) is 2.95. The molecule has 0 spiro atoms. The van der Waals surface area contributed by atoms with E-state index in [0.29, 0.717) is 0 Å². The van der Waals surface area contributed by atoms with Crippen LogP contribution in [0.2, 0.25) is 0 Å². The van der Waals surface area contributed by atoms with Crippen molar-refractivity contribution in [1.82, 2.24) is 0 Å². The Bertz CT molecular complexity index is 401. The minimum Gasteiger partial charge on any atom is -0.372 e. The summed E-state index contributed by atoms with van der Waals surface area (Å²) in [5.41, 5.74) is 2.04. The fourth-order valence-corrected chi connectivity index (χ4v) is 2.52. The lowest BCUT2D eigenvalue weighted by molar-refractivity contribution is -0.115. The monoisotopic (exact) mass is 340 g/mol. The van der Waals surface area contributed by atoms with Gasteiger partial charge in [0, 0.05) is 24.5 Å². The zero-order valence-corrected chi connectivity index (χ0v) is 14.2. The largest absolute Gasteiger partial charge is 0.372 e. The van der Waals surface area contributed by atoms with Gasteiger partial charge >= 0.3 is 0 Å². The van der Waals surface area contributed by atoms with Gasteiger partial charge in [-0.05, 0) is 44.5 Å². The van der Waals surface area contributed by atoms with Crippen molar-refractivity contribution >= 4 is 33.2 Å². The SMILES string of the molecule is CCCCC(Br)C(=O)Nc1ccc(N(CC)CC)cc1. The van der Waals surface area contributed by atoms with Crippen LogP contribution in [0.25, 0.3) is 0 Å². The van der Waals surface area contributed by atoms with E-state index in [-0.39, 0.29) is 10.7 Å². The first-order chi connectivity index (χ1) is 9.62. The van der Waals surface area contributed by atoms with Gasteiger partial charge in [0.2, 0.25) is 5.91 Å². The topological polar surface area (TPSA) is 32.3 Å². The van der Waals surface area contributed by atoms with E-state index in [0.717, 1.165) is 38.0 Å². The average Bonchev–Trinajstić information content (AvgIpc) is 2.47. The van der Waals surface area contributed by atoms with Crippen LogP contribution in [0.1, 0.15) is 40.0 Å². The molecule has 0 aromatic heterocycles. The van der Waals surface area contributed by atoms with E-state index in [4.69, 9.17) is 0 Å². The van der Waals surface area contributed by atoms with Crippen LogP contribution < -0.4 is 10.2 Å². The number of benzene rings is 1. The van der Waals surface area contributed by atoms with Crippen LogP contribution >= 0.6 is 15.9 Å². The van der Waals surface area contributed by atoms with Crippen molar-refractivity contribution in [1.29, 1.82) is 0 Å². The van der Waals surface area contributed by atoms with E-state index in [1.807, 2.05) is 12.1 Å². The number of carbonyl (C=O) groups is 1. The lowest BCUT2D eigenvalue weighted by atomic mass is 10.2. The highest BCUT2D eigenvalue weighted by Crippen LogP contribution is 2.19. The number of rotatable bonds is 8. The lowest BCUT2D eigenvalue weighted by Gasteiger charge is -2.21. The molecule has 3 nitrogen and oxygen atoms in total. The van der Waals surface area contributed by atoms with E-state index in [2.05, 4.69) is 59.1 Å². The summed E-state index contributed by atoms with van der Waals surface area (Å²) in [6.07, 6.45) is 3.04. The highest BCUT2D eigenvalue weighted by Gasteiger charge is 2.14. The van der Waals surface area contributed by atoms with Gasteiger partial charge in [0.15, 0.2) is 0 Å². The number of amides is 1. The van der Waals surface area contributed by atoms with Gasteiger partial charge in [-0.2, -0.15) is 0 Å². The van der Waals surface area contributed by atoms with Crippen LogP contribution in [-0.2, 0) is 4.79 Å². The molecule has 4 heteroatoms. The summed E-state index contributed by atoms with van der Waals surface area (Å²) in [4.78, 5) is 14.2. The molecule has 0 bridgehead atoms. The Hall–Kier alpha value is -1.03. The first-order valence-corrected chi connectivity index (χ1v) is 8.33. The second kappa shape index (κ2) is 9.01. The number of hydrogen-bond donors (Lipinski definition) is 1. The van der Waals surface area contributed by atoms with Crippen molar-refractivity contribution in [3.8, 4) is 0 Å². The number of hydrogen-bond acceptors (Lipinski definition) is 2. The summed E-state index contributed by atoms with van der Waals surface area (Å²) in [6, 6.07) is 8.03. The zero-order chi connectivity index (χ0) is 15.0. The third-order valence-electron chi connectivity index (χ3n) is 3.36. The van der Waals surface area contributed by atoms with Crippen LogP contribution in [0.5, 0.6) is 0 Å². The fraction of sp³-hybridized carbons (Fsp3) is 0.562. The third kappa shape index (κ3) is 5.16. The summed E-state index contributed by atoms with van der Waals surface area (Å²) in [7, 11) is 0. The Balaban J connectivity index is 2.58. The van der Waals surface area contributed by atoms with Gasteiger partial charge in [-0.3, -0.25) is 4.79 Å². The molecule has 0 aliphatic heterocycles. The van der Waals surface area contributed by atoms with E-state index >= 15 is 0 Å². The molecule has 112 valence electrons. The fourth-order valence-electron chi connectivity index (χ4n) is 2.08. The summed E-state index contributed by atoms with van der Waals surface area (Å²) >= 11 is 3.44. The van der Waals surface area contributed by atoms with Crippen molar-refractivity contribution in [3.05, 3.63) is 24.3 Å². The molecule has 0 saturated carbocycles. The number of carbonyl (C=O) groups excluding carboxylic acids is 1. The highest BCUT2D eigenvalue weighted by atomic mass is 79.9. The number of alkyl halides is 1. The van der Waals surface area contributed by atoms with E-state index in [1.54, 1.807) is 0 Å². The zero-order valence-electron chi connectivity index (χ0n) is 12.7. The summed E-state index contributed by atoms with van der Waals surface area (Å²) in [6.45, 7) is 8.39. The van der Waals surface area contributed by atoms with Crippen LogP contribution in [0.4, 0.5) is 11.4 Å². The molecule has 1 atom stereocenters. The number of nitrogens with zero attached hydrogens (tertiary/aromatic N) is 1. The van der Waals surface area contributed by atoms with Crippen molar-refractivity contribution in [2.45, 2.75) is 44.9 Å². The Labute approximate surface area is 130 Å². The first-order valence-electron chi connectivity index (χ1n) is 7.42. The lowest BCUT2D eigenvalue weighted by Crippen LogP contribution is -2.23. The molecule has 0 fully saturated rings. The number of halogens is 1. The number of anilines is 2. The van der Waals surface area contributed by atoms with Crippen molar-refractivity contribution in [2.75, 3.05) is 23.3 Å². The van der Waals surface area contributed by atoms with Gasteiger partial charge in [-0.25, -0.2) is 0 Å². The smallest absolute Gasteiger partial charge is 0.238 e. The van der Waals surface area contributed by atoms with Crippen LogP contribution in [-0.4, -0.2) is 23.8 Å². The first kappa shape index (κ1) is 17.0. The van der Waals surface area contributed by atoms with Gasteiger partial charge in [-0.15, -0.1) is 0 Å². The molecule has 1 rings (SSSR count). The van der Waals surface area contributed by atoms with Crippen LogP contribution in [0, 0.1) is 0 Å². The highest BCUT2D eigenvalue weighted by molar-refractivity contribution is 9.10. The average molecular weight is 341 g/mol. The molecule has 0 aliphatic rings. The second-order valence-electron chi connectivity index (χ2n) is 4.82. The Morgan fingerprint density at radius 3 is 2.30 bits per heavy atom. The molecule has 0 saturated heterocycles. The standard InChI is InChI=1S/C16H25BrN2O/c1-4-7-8-15(17)16(20)18-13-9-11-14(12-10-13)19(5-2)6-3/h9-12,15H,4-8H2,1-3H3,(H,18,20). The normalized spacial score (nSPS) is 12.0. The number of unbranched alkanes of at least 4 members (excludes halogenated alkanes) is 1. The van der Waals surface area contributed by atoms with Crippen molar-refractivity contribution in [3.63, 3.8) is 0 Å². The molecule has 1 N–H and O–H groups in total. The van der Waals surface area contributed by atoms with E-state index in [9.17, 15) is 4.79 Å². The Morgan fingerprint density at radius 2 is 1.80 bits per heavy atom. The summed E-state index contributed by atoms with van der Waals surface area (Å²) < 4.78 is 0. The molecule has 20 heavy (non-hydrogen) atoms. The third-order valence-corrected chi connectivity index (χ3v) is 4.23. The van der Waals surface area contributed by atoms with Crippen molar-refractivity contribution < 1.29 is 4.79 Å². The molecular weight excluding hydrogens is 316 g/mol. The molecular formula is C16H25BrN2O. The number of nitrogens with one attached hydrogen (secondary N) is 1. The molecule has 1 amide bonds. The maximum atomic E-state index is 12.0. The van der Waals surface area contributed by atoms with Crippen LogP contribution in [0.15, 0.2) is 24.3 Å². The molecule has 1 aromatic carbocycles. The molecule has 1 unspecified atom stereocenters. The van der Waals surface area contributed by atoms with E-state index < -0.39 is 0 Å². The predicted octanol–water partition coefficient (Wildman–Crippen LogP) is 4.43. The minimum absolute atomic E-state index is 0.0361. The molecule has 0 heterocycles. The molecule has 1 aromatic rings. The predicted molar refractivity (Wildman–Crippen MR) is 90.9 cm³/mol. The van der Waals surface area contributed by atoms with Gasteiger partial charge in [0.1, 0.15) is 0 Å². The maximum Gasteiger partial charge on any atom is 0.238 e. The molecule has 0 radical (unpaired) electrons. The second-order valence-corrected chi connectivity index (χ2v) is 5.92. The minimum atomic E-state index is -0.107. The van der Waals surface area contributed by atoms with Gasteiger partial charge in [0.05, 0.1) is 4.83 Å². The Kier molecular flexibility index (Phi) is 7.67. The Morgan fingerprint density at radius 1 is 1.20 bits per heavy atom. The molecule has 0 aliphatic carbocycles.